The predicted molar refractivity (Wildman–Crippen MR) is 94.8 cm³/mol. The second kappa shape index (κ2) is 6.12. The molecular formula is C17H21N3O3S. The first-order valence-electron chi connectivity index (χ1n) is 7.95. The number of hydrogen-bond donors (Lipinski definition) is 2. The largest absolute Gasteiger partial charge is 0.326 e. The van der Waals surface area contributed by atoms with Crippen LogP contribution in [0.1, 0.15) is 32.3 Å². The fourth-order valence-corrected chi connectivity index (χ4v) is 4.74. The van der Waals surface area contributed by atoms with E-state index in [4.69, 9.17) is 0 Å². The predicted octanol–water partition coefficient (Wildman–Crippen LogP) is 2.35. The van der Waals surface area contributed by atoms with Crippen molar-refractivity contribution in [3.05, 3.63) is 23.8 Å². The summed E-state index contributed by atoms with van der Waals surface area (Å²) < 4.78 is 0. The van der Waals surface area contributed by atoms with Gasteiger partial charge in [0.15, 0.2) is 0 Å². The van der Waals surface area contributed by atoms with Crippen LogP contribution >= 0.6 is 11.8 Å². The molecular weight excluding hydrogens is 326 g/mol. The van der Waals surface area contributed by atoms with Crippen LogP contribution in [-0.2, 0) is 14.4 Å². The van der Waals surface area contributed by atoms with E-state index < -0.39 is 6.04 Å². The van der Waals surface area contributed by atoms with Crippen LogP contribution in [0.15, 0.2) is 18.2 Å². The lowest BCUT2D eigenvalue weighted by Crippen LogP contribution is -2.48. The molecule has 1 aromatic rings. The normalized spacial score (nSPS) is 25.5. The van der Waals surface area contributed by atoms with Crippen molar-refractivity contribution in [2.75, 3.05) is 16.4 Å². The van der Waals surface area contributed by atoms with E-state index in [1.165, 1.54) is 6.92 Å². The van der Waals surface area contributed by atoms with E-state index in [0.29, 0.717) is 17.9 Å². The van der Waals surface area contributed by atoms with E-state index in [1.54, 1.807) is 28.8 Å². The summed E-state index contributed by atoms with van der Waals surface area (Å²) in [6.45, 7) is 5.35. The second-order valence-corrected chi connectivity index (χ2v) is 7.97. The zero-order valence-corrected chi connectivity index (χ0v) is 14.8. The van der Waals surface area contributed by atoms with Crippen molar-refractivity contribution in [2.24, 2.45) is 0 Å². The number of carbonyl (C=O) groups is 3. The second-order valence-electron chi connectivity index (χ2n) is 6.47. The van der Waals surface area contributed by atoms with Crippen LogP contribution in [-0.4, -0.2) is 39.3 Å². The van der Waals surface area contributed by atoms with Crippen LogP contribution in [0.4, 0.5) is 11.4 Å². The summed E-state index contributed by atoms with van der Waals surface area (Å²) in [5.41, 5.74) is 2.25. The molecule has 0 aromatic heterocycles. The minimum Gasteiger partial charge on any atom is -0.326 e. The molecule has 0 aliphatic carbocycles. The number of fused-ring (bicyclic) bond motifs is 1. The lowest BCUT2D eigenvalue weighted by atomic mass is 10.1. The minimum absolute atomic E-state index is 0.0554. The van der Waals surface area contributed by atoms with Crippen molar-refractivity contribution in [1.82, 2.24) is 4.90 Å². The molecule has 0 bridgehead atoms. The molecule has 1 aromatic carbocycles. The van der Waals surface area contributed by atoms with Crippen LogP contribution in [0.5, 0.6) is 0 Å². The molecule has 2 aliphatic heterocycles. The monoisotopic (exact) mass is 347 g/mol. The summed E-state index contributed by atoms with van der Waals surface area (Å²) in [7, 11) is 0. The number of rotatable bonds is 3. The third-order valence-electron chi connectivity index (χ3n) is 4.55. The SMILES string of the molecule is CC(=O)Nc1ccc(NC(=O)[C@H]2CS[C@@]3(C)CCC(=O)N23)cc1C. The lowest BCUT2D eigenvalue weighted by Gasteiger charge is -2.29. The number of benzene rings is 1. The zero-order valence-electron chi connectivity index (χ0n) is 14.0. The van der Waals surface area contributed by atoms with Crippen LogP contribution in [0, 0.1) is 6.92 Å². The summed E-state index contributed by atoms with van der Waals surface area (Å²) in [4.78, 5) is 37.4. The van der Waals surface area contributed by atoms with Gasteiger partial charge in [-0.15, -0.1) is 11.8 Å². The highest BCUT2D eigenvalue weighted by Crippen LogP contribution is 2.47. The van der Waals surface area contributed by atoms with E-state index in [9.17, 15) is 14.4 Å². The Hall–Kier alpha value is -2.02. The molecule has 0 radical (unpaired) electrons. The van der Waals surface area contributed by atoms with Gasteiger partial charge in [-0.25, -0.2) is 0 Å². The van der Waals surface area contributed by atoms with E-state index >= 15 is 0 Å². The van der Waals surface area contributed by atoms with Gasteiger partial charge >= 0.3 is 0 Å². The first kappa shape index (κ1) is 16.8. The maximum atomic E-state index is 12.6. The van der Waals surface area contributed by atoms with Crippen molar-refractivity contribution in [3.8, 4) is 0 Å². The molecule has 2 N–H and O–H groups in total. The highest BCUT2D eigenvalue weighted by atomic mass is 32.2. The Morgan fingerprint density at radius 3 is 2.75 bits per heavy atom. The van der Waals surface area contributed by atoms with Gasteiger partial charge < -0.3 is 15.5 Å². The molecule has 0 spiro atoms. The van der Waals surface area contributed by atoms with Gasteiger partial charge in [0.2, 0.25) is 17.7 Å². The number of thioether (sulfide) groups is 1. The number of amides is 3. The van der Waals surface area contributed by atoms with E-state index in [-0.39, 0.29) is 22.6 Å². The Kier molecular flexibility index (Phi) is 4.29. The molecule has 7 heteroatoms. The average molecular weight is 347 g/mol. The van der Waals surface area contributed by atoms with Gasteiger partial charge in [0.25, 0.3) is 0 Å². The van der Waals surface area contributed by atoms with Gasteiger partial charge in [-0.2, -0.15) is 0 Å². The van der Waals surface area contributed by atoms with Crippen LogP contribution in [0.2, 0.25) is 0 Å². The van der Waals surface area contributed by atoms with Gasteiger partial charge in [-0.1, -0.05) is 0 Å². The first-order valence-corrected chi connectivity index (χ1v) is 8.94. The Morgan fingerprint density at radius 2 is 2.08 bits per heavy atom. The molecule has 2 atom stereocenters. The Morgan fingerprint density at radius 1 is 1.33 bits per heavy atom. The molecule has 2 aliphatic rings. The third-order valence-corrected chi connectivity index (χ3v) is 6.06. The molecule has 2 fully saturated rings. The van der Waals surface area contributed by atoms with Crippen molar-refractivity contribution in [2.45, 2.75) is 44.5 Å². The summed E-state index contributed by atoms with van der Waals surface area (Å²) in [5.74, 6) is 0.384. The fourth-order valence-electron chi connectivity index (χ4n) is 3.31. The summed E-state index contributed by atoms with van der Waals surface area (Å²) in [5, 5.41) is 5.64. The summed E-state index contributed by atoms with van der Waals surface area (Å²) in [6, 6.07) is 4.91. The molecule has 0 saturated carbocycles. The molecule has 6 nitrogen and oxygen atoms in total. The summed E-state index contributed by atoms with van der Waals surface area (Å²) >= 11 is 1.68. The van der Waals surface area contributed by atoms with Crippen molar-refractivity contribution < 1.29 is 14.4 Å². The first-order chi connectivity index (χ1) is 11.3. The molecule has 3 rings (SSSR count). The molecule has 0 unspecified atom stereocenters. The molecule has 2 saturated heterocycles. The molecule has 3 amide bonds. The van der Waals surface area contributed by atoms with Crippen LogP contribution < -0.4 is 10.6 Å². The quantitative estimate of drug-likeness (QED) is 0.880. The third kappa shape index (κ3) is 3.00. The van der Waals surface area contributed by atoms with E-state index in [1.807, 2.05) is 19.9 Å². The van der Waals surface area contributed by atoms with Crippen molar-refractivity contribution in [3.63, 3.8) is 0 Å². The van der Waals surface area contributed by atoms with Gasteiger partial charge in [0, 0.05) is 30.5 Å². The van der Waals surface area contributed by atoms with Crippen molar-refractivity contribution >= 4 is 40.9 Å². The minimum atomic E-state index is -0.426. The highest BCUT2D eigenvalue weighted by molar-refractivity contribution is 8.01. The van der Waals surface area contributed by atoms with Gasteiger partial charge in [0.1, 0.15) is 6.04 Å². The average Bonchev–Trinajstić information content (AvgIpc) is 2.98. The Bertz CT molecular complexity index is 721. The Balaban J connectivity index is 1.72. The molecule has 2 heterocycles. The molecule has 128 valence electrons. The summed E-state index contributed by atoms with van der Waals surface area (Å²) in [6.07, 6.45) is 1.31. The number of nitrogens with zero attached hydrogens (tertiary/aromatic N) is 1. The van der Waals surface area contributed by atoms with Crippen LogP contribution in [0.25, 0.3) is 0 Å². The van der Waals surface area contributed by atoms with Gasteiger partial charge in [0.05, 0.1) is 4.87 Å². The van der Waals surface area contributed by atoms with Gasteiger partial charge in [-0.3, -0.25) is 14.4 Å². The van der Waals surface area contributed by atoms with Crippen LogP contribution in [0.3, 0.4) is 0 Å². The zero-order chi connectivity index (χ0) is 17.5. The molecule has 24 heavy (non-hydrogen) atoms. The van der Waals surface area contributed by atoms with E-state index in [2.05, 4.69) is 10.6 Å². The van der Waals surface area contributed by atoms with Crippen molar-refractivity contribution in [1.29, 1.82) is 0 Å². The number of hydrogen-bond acceptors (Lipinski definition) is 4. The smallest absolute Gasteiger partial charge is 0.248 e. The number of carbonyl (C=O) groups excluding carboxylic acids is 3. The number of nitrogens with one attached hydrogen (secondary N) is 2. The Labute approximate surface area is 145 Å². The maximum absolute atomic E-state index is 12.6. The van der Waals surface area contributed by atoms with Gasteiger partial charge in [-0.05, 0) is 44.0 Å². The maximum Gasteiger partial charge on any atom is 0.248 e. The standard InChI is InChI=1S/C17H21N3O3S/c1-10-8-12(4-5-13(10)18-11(2)21)19-16(23)14-9-24-17(3)7-6-15(22)20(14)17/h4-5,8,14H,6-7,9H2,1-3H3,(H,18,21)(H,19,23)/t14-,17+/m1/s1. The topological polar surface area (TPSA) is 78.5 Å². The highest BCUT2D eigenvalue weighted by Gasteiger charge is 2.52. The number of aryl methyl sites for hydroxylation is 1. The number of anilines is 2. The fraction of sp³-hybridized carbons (Fsp3) is 0.471. The van der Waals surface area contributed by atoms with E-state index in [0.717, 1.165) is 17.7 Å². The lowest BCUT2D eigenvalue weighted by molar-refractivity contribution is -0.135.